The van der Waals surface area contributed by atoms with Crippen molar-refractivity contribution in [1.82, 2.24) is 0 Å². The van der Waals surface area contributed by atoms with Gasteiger partial charge in [-0.2, -0.15) is 0 Å². The third-order valence-corrected chi connectivity index (χ3v) is 26.2. The molecule has 1 aliphatic rings. The first kappa shape index (κ1) is 19.6. The summed E-state index contributed by atoms with van der Waals surface area (Å²) in [6, 6.07) is 0. The quantitative estimate of drug-likeness (QED) is 0.247. The molecule has 0 aromatic heterocycles. The number of unbranched alkanes of at least 4 members (excludes halogenated alkanes) is 1. The fourth-order valence-corrected chi connectivity index (χ4v) is 41.8. The number of hydrogen-bond acceptors (Lipinski definition) is 2. The van der Waals surface area contributed by atoms with Crippen molar-refractivity contribution in [3.8, 4) is 0 Å². The molecule has 0 radical (unpaired) electrons. The average Bonchev–Trinajstić information content (AvgIpc) is 2.96. The Labute approximate surface area is 135 Å². The number of rotatable bonds is 9. The number of hydrogen-bond donors (Lipinski definition) is 0. The van der Waals surface area contributed by atoms with Gasteiger partial charge in [-0.3, -0.25) is 0 Å². The van der Waals surface area contributed by atoms with Gasteiger partial charge >= 0.3 is 136 Å². The SMILES string of the molecule is CCCC[C@@]1([Sn]([CH3])([CH3])[CH3])[C@@H](COCOC)[C@@H]1[Sn]([CH3])([CH3])[CH3]. The van der Waals surface area contributed by atoms with Crippen LogP contribution in [0.25, 0.3) is 0 Å². The van der Waals surface area contributed by atoms with Crippen molar-refractivity contribution in [3.63, 3.8) is 0 Å². The van der Waals surface area contributed by atoms with Crippen LogP contribution in [0.4, 0.5) is 0 Å². The minimum absolute atomic E-state index is 0.465. The van der Waals surface area contributed by atoms with Crippen molar-refractivity contribution < 1.29 is 9.47 Å². The fourth-order valence-electron chi connectivity index (χ4n) is 4.61. The first-order chi connectivity index (χ1) is 9.13. The molecule has 0 aliphatic heterocycles. The van der Waals surface area contributed by atoms with Gasteiger partial charge in [0.1, 0.15) is 0 Å². The van der Waals surface area contributed by atoms with Crippen LogP contribution in [0, 0.1) is 5.92 Å². The Bertz CT molecular complexity index is 307. The van der Waals surface area contributed by atoms with Crippen LogP contribution < -0.4 is 0 Å². The van der Waals surface area contributed by atoms with E-state index in [-0.39, 0.29) is 0 Å². The minimum atomic E-state index is -1.98. The zero-order valence-electron chi connectivity index (χ0n) is 15.0. The Balaban J connectivity index is 2.93. The van der Waals surface area contributed by atoms with Crippen LogP contribution >= 0.6 is 0 Å². The third kappa shape index (κ3) is 4.08. The summed E-state index contributed by atoms with van der Waals surface area (Å²) in [4.78, 5) is 15.9. The van der Waals surface area contributed by atoms with Crippen molar-refractivity contribution in [1.29, 1.82) is 0 Å². The first-order valence-electron chi connectivity index (χ1n) is 8.19. The summed E-state index contributed by atoms with van der Waals surface area (Å²) >= 11 is -3.86. The Hall–Kier alpha value is 1.52. The molecule has 1 fully saturated rings. The van der Waals surface area contributed by atoms with Crippen LogP contribution in [0.15, 0.2) is 0 Å². The predicted octanol–water partition coefficient (Wildman–Crippen LogP) is 5.21. The summed E-state index contributed by atoms with van der Waals surface area (Å²) in [5.41, 5.74) is 0. The Morgan fingerprint density at radius 3 is 2.05 bits per heavy atom. The van der Waals surface area contributed by atoms with Gasteiger partial charge in [-0.1, -0.05) is 0 Å². The van der Waals surface area contributed by atoms with Crippen LogP contribution in [0.3, 0.4) is 0 Å². The first-order valence-corrected chi connectivity index (χ1v) is 28.4. The van der Waals surface area contributed by atoms with Crippen LogP contribution in [-0.4, -0.2) is 57.3 Å². The topological polar surface area (TPSA) is 18.5 Å². The predicted molar refractivity (Wildman–Crippen MR) is 94.0 cm³/mol. The molecule has 120 valence electrons. The van der Waals surface area contributed by atoms with E-state index < -0.39 is 36.8 Å². The van der Waals surface area contributed by atoms with Gasteiger partial charge < -0.3 is 0 Å². The standard InChI is InChI=1S/C10H18O2.6CH3.2Sn/c1-3-4-5-9-6-10(9)7-12-8-11-2;;;;;;;;/h6,10H,3-5,7-8H2,1-2H3;6*1H3;;/t10-;;;;;;;;/m1......../s1. The van der Waals surface area contributed by atoms with Gasteiger partial charge in [0.05, 0.1) is 0 Å². The summed E-state index contributed by atoms with van der Waals surface area (Å²) < 4.78 is 12.7. The molecule has 0 aromatic rings. The molecule has 3 atom stereocenters. The molecule has 1 saturated carbocycles. The van der Waals surface area contributed by atoms with Gasteiger partial charge in [0, 0.05) is 0 Å². The zero-order valence-corrected chi connectivity index (χ0v) is 20.7. The van der Waals surface area contributed by atoms with E-state index in [2.05, 4.69) is 36.6 Å². The maximum absolute atomic E-state index is 5.81. The van der Waals surface area contributed by atoms with Crippen LogP contribution in [0.5, 0.6) is 0 Å². The molecule has 0 N–H and O–H groups in total. The summed E-state index contributed by atoms with van der Waals surface area (Å²) in [6.45, 7) is 3.75. The zero-order chi connectivity index (χ0) is 15.6. The van der Waals surface area contributed by atoms with Crippen molar-refractivity contribution in [3.05, 3.63) is 0 Å². The van der Waals surface area contributed by atoms with Crippen molar-refractivity contribution in [2.24, 2.45) is 5.92 Å². The van der Waals surface area contributed by atoms with E-state index in [1.54, 1.807) is 7.11 Å². The molecule has 0 bridgehead atoms. The average molecular weight is 498 g/mol. The molecule has 0 amide bonds. The van der Waals surface area contributed by atoms with E-state index in [1.165, 1.54) is 19.3 Å². The van der Waals surface area contributed by atoms with Crippen molar-refractivity contribution in [2.75, 3.05) is 20.5 Å². The summed E-state index contributed by atoms with van der Waals surface area (Å²) in [5.74, 6) is 0.857. The molecular formula is C16H36O2Sn2. The monoisotopic (exact) mass is 500 g/mol. The van der Waals surface area contributed by atoms with Gasteiger partial charge in [-0.15, -0.1) is 0 Å². The molecule has 20 heavy (non-hydrogen) atoms. The second-order valence-electron chi connectivity index (χ2n) is 8.62. The van der Waals surface area contributed by atoms with E-state index in [1.807, 2.05) is 0 Å². The molecule has 0 unspecified atom stereocenters. The number of ether oxygens (including phenoxy) is 2. The molecule has 0 spiro atoms. The maximum atomic E-state index is 5.81. The molecule has 4 heteroatoms. The molecule has 0 aromatic carbocycles. The third-order valence-electron chi connectivity index (χ3n) is 5.28. The normalized spacial score (nSPS) is 30.6. The Kier molecular flexibility index (Phi) is 7.23. The van der Waals surface area contributed by atoms with Crippen LogP contribution in [0.2, 0.25) is 37.0 Å². The second-order valence-corrected chi connectivity index (χ2v) is 39.4. The molecule has 1 aliphatic carbocycles. The molecule has 2 nitrogen and oxygen atoms in total. The van der Waals surface area contributed by atoms with E-state index >= 15 is 0 Å². The Morgan fingerprint density at radius 1 is 1.05 bits per heavy atom. The van der Waals surface area contributed by atoms with E-state index in [0.29, 0.717) is 6.79 Å². The van der Waals surface area contributed by atoms with Gasteiger partial charge in [-0.05, 0) is 0 Å². The Morgan fingerprint density at radius 2 is 1.65 bits per heavy atom. The summed E-state index contributed by atoms with van der Waals surface area (Å²) in [5, 5.41) is 0. The number of methoxy groups -OCH3 is 1. The molecular weight excluding hydrogens is 462 g/mol. The fraction of sp³-hybridized carbons (Fsp3) is 1.00. The van der Waals surface area contributed by atoms with Gasteiger partial charge in [0.25, 0.3) is 0 Å². The van der Waals surface area contributed by atoms with Crippen molar-refractivity contribution >= 4 is 36.8 Å². The van der Waals surface area contributed by atoms with E-state index in [4.69, 9.17) is 9.47 Å². The van der Waals surface area contributed by atoms with Crippen LogP contribution in [0.1, 0.15) is 26.2 Å². The van der Waals surface area contributed by atoms with E-state index in [0.717, 1.165) is 19.9 Å². The molecule has 0 heterocycles. The summed E-state index contributed by atoms with van der Waals surface area (Å²) in [7, 11) is 1.72. The molecule has 0 saturated heterocycles. The van der Waals surface area contributed by atoms with Crippen molar-refractivity contribution in [2.45, 2.75) is 63.2 Å². The molecule has 1 rings (SSSR count). The van der Waals surface area contributed by atoms with Gasteiger partial charge in [-0.25, -0.2) is 0 Å². The van der Waals surface area contributed by atoms with Gasteiger partial charge in [0.2, 0.25) is 0 Å². The summed E-state index contributed by atoms with van der Waals surface area (Å²) in [6.07, 6.45) is 4.22. The van der Waals surface area contributed by atoms with Gasteiger partial charge in [0.15, 0.2) is 0 Å². The van der Waals surface area contributed by atoms with E-state index in [9.17, 15) is 0 Å². The van der Waals surface area contributed by atoms with Crippen LogP contribution in [-0.2, 0) is 9.47 Å². The second kappa shape index (κ2) is 7.39.